The second-order valence-corrected chi connectivity index (χ2v) is 5.33. The Labute approximate surface area is 132 Å². The number of nitrogens with zero attached hydrogens (tertiary/aromatic N) is 1. The van der Waals surface area contributed by atoms with Crippen molar-refractivity contribution in [3.05, 3.63) is 45.7 Å². The molecule has 1 fully saturated rings. The highest BCUT2D eigenvalue weighted by Gasteiger charge is 2.20. The summed E-state index contributed by atoms with van der Waals surface area (Å²) in [6, 6.07) is 6.70. The topological polar surface area (TPSA) is 92.8 Å². The first-order valence-electron chi connectivity index (χ1n) is 7.28. The van der Waals surface area contributed by atoms with Crippen molar-refractivity contribution in [2.24, 2.45) is 5.73 Å². The minimum atomic E-state index is -0.632. The summed E-state index contributed by atoms with van der Waals surface area (Å²) in [5.41, 5.74) is 6.79. The number of fused-ring (bicyclic) bond motifs is 1. The molecule has 0 spiro atoms. The molecule has 0 aliphatic carbocycles. The molecular formula is C16H18N2O5. The smallest absolute Gasteiger partial charge is 0.251 e. The van der Waals surface area contributed by atoms with E-state index in [1.54, 1.807) is 13.2 Å². The average molecular weight is 318 g/mol. The second kappa shape index (κ2) is 6.49. The minimum absolute atomic E-state index is 0.207. The summed E-state index contributed by atoms with van der Waals surface area (Å²) >= 11 is 0. The summed E-state index contributed by atoms with van der Waals surface area (Å²) in [6.45, 7) is 1.67. The van der Waals surface area contributed by atoms with Gasteiger partial charge in [-0.3, -0.25) is 9.59 Å². The number of ether oxygens (including phenoxy) is 3. The quantitative estimate of drug-likeness (QED) is 0.872. The number of pyridine rings is 1. The third-order valence-corrected chi connectivity index (χ3v) is 3.78. The molecule has 0 saturated carbocycles. The Hall–Kier alpha value is -2.22. The van der Waals surface area contributed by atoms with Crippen molar-refractivity contribution >= 4 is 16.8 Å². The van der Waals surface area contributed by atoms with E-state index in [-0.39, 0.29) is 17.7 Å². The molecule has 1 amide bonds. The Morgan fingerprint density at radius 3 is 2.74 bits per heavy atom. The van der Waals surface area contributed by atoms with Crippen LogP contribution in [-0.2, 0) is 27.4 Å². The van der Waals surface area contributed by atoms with E-state index in [1.165, 1.54) is 10.6 Å². The third kappa shape index (κ3) is 3.12. The number of rotatable bonds is 5. The first kappa shape index (κ1) is 15.7. The Morgan fingerprint density at radius 1 is 1.35 bits per heavy atom. The van der Waals surface area contributed by atoms with Gasteiger partial charge in [0.25, 0.3) is 5.56 Å². The van der Waals surface area contributed by atoms with Crippen molar-refractivity contribution in [2.75, 3.05) is 20.3 Å². The molecule has 2 N–H and O–H groups in total. The zero-order chi connectivity index (χ0) is 16.4. The van der Waals surface area contributed by atoms with Crippen LogP contribution in [0, 0.1) is 0 Å². The van der Waals surface area contributed by atoms with Crippen LogP contribution in [0.5, 0.6) is 0 Å². The molecule has 0 atom stereocenters. The molecule has 1 aliphatic heterocycles. The zero-order valence-corrected chi connectivity index (χ0v) is 12.8. The molecule has 23 heavy (non-hydrogen) atoms. The van der Waals surface area contributed by atoms with Gasteiger partial charge in [0, 0.05) is 18.6 Å². The number of methoxy groups -OCH3 is 1. The average Bonchev–Trinajstić information content (AvgIpc) is 3.03. The van der Waals surface area contributed by atoms with Crippen LogP contribution in [-0.4, -0.2) is 37.1 Å². The monoisotopic (exact) mass is 318 g/mol. The Bertz CT molecular complexity index is 793. The van der Waals surface area contributed by atoms with E-state index in [0.717, 1.165) is 5.56 Å². The molecule has 1 aliphatic rings. The van der Waals surface area contributed by atoms with E-state index in [9.17, 15) is 9.59 Å². The SMILES string of the molecule is COCc1ccc2c(C(N)=O)cc(=O)n(CC3OCCO3)c2c1. The van der Waals surface area contributed by atoms with E-state index in [0.29, 0.717) is 30.7 Å². The van der Waals surface area contributed by atoms with Crippen LogP contribution in [0.1, 0.15) is 15.9 Å². The Kier molecular flexibility index (Phi) is 4.42. The van der Waals surface area contributed by atoms with E-state index in [2.05, 4.69) is 0 Å². The van der Waals surface area contributed by atoms with Gasteiger partial charge in [-0.15, -0.1) is 0 Å². The molecular weight excluding hydrogens is 300 g/mol. The maximum absolute atomic E-state index is 12.4. The summed E-state index contributed by atoms with van der Waals surface area (Å²) in [5.74, 6) is -0.632. The largest absolute Gasteiger partial charge is 0.380 e. The van der Waals surface area contributed by atoms with Crippen LogP contribution >= 0.6 is 0 Å². The number of hydrogen-bond donors (Lipinski definition) is 1. The second-order valence-electron chi connectivity index (χ2n) is 5.33. The predicted molar refractivity (Wildman–Crippen MR) is 83.1 cm³/mol. The number of carbonyl (C=O) groups is 1. The van der Waals surface area contributed by atoms with Crippen molar-refractivity contribution in [3.8, 4) is 0 Å². The summed E-state index contributed by atoms with van der Waals surface area (Å²) in [4.78, 5) is 24.1. The molecule has 2 heterocycles. The van der Waals surface area contributed by atoms with Crippen molar-refractivity contribution in [2.45, 2.75) is 19.4 Å². The number of carbonyl (C=O) groups excluding carboxylic acids is 1. The fraction of sp³-hybridized carbons (Fsp3) is 0.375. The van der Waals surface area contributed by atoms with Crippen LogP contribution in [0.2, 0.25) is 0 Å². The van der Waals surface area contributed by atoms with Gasteiger partial charge in [-0.1, -0.05) is 12.1 Å². The van der Waals surface area contributed by atoms with E-state index in [4.69, 9.17) is 19.9 Å². The number of primary amides is 1. The van der Waals surface area contributed by atoms with Gasteiger partial charge < -0.3 is 24.5 Å². The molecule has 0 unspecified atom stereocenters. The lowest BCUT2D eigenvalue weighted by atomic mass is 10.1. The van der Waals surface area contributed by atoms with Crippen LogP contribution in [0.3, 0.4) is 0 Å². The number of hydrogen-bond acceptors (Lipinski definition) is 5. The summed E-state index contributed by atoms with van der Waals surface area (Å²) in [6.07, 6.45) is -0.471. The fourth-order valence-corrected chi connectivity index (χ4v) is 2.74. The van der Waals surface area contributed by atoms with Gasteiger partial charge in [0.05, 0.1) is 37.4 Å². The lowest BCUT2D eigenvalue weighted by Gasteiger charge is -2.16. The van der Waals surface area contributed by atoms with Crippen molar-refractivity contribution < 1.29 is 19.0 Å². The normalized spacial score (nSPS) is 15.3. The van der Waals surface area contributed by atoms with Gasteiger partial charge in [-0.2, -0.15) is 0 Å². The summed E-state index contributed by atoms with van der Waals surface area (Å²) in [5, 5.41) is 0.620. The molecule has 0 bridgehead atoms. The highest BCUT2D eigenvalue weighted by atomic mass is 16.7. The highest BCUT2D eigenvalue weighted by molar-refractivity contribution is 6.05. The molecule has 1 aromatic heterocycles. The molecule has 1 aromatic carbocycles. The number of benzene rings is 1. The van der Waals surface area contributed by atoms with Crippen molar-refractivity contribution in [1.82, 2.24) is 4.57 Å². The van der Waals surface area contributed by atoms with Gasteiger partial charge >= 0.3 is 0 Å². The van der Waals surface area contributed by atoms with Gasteiger partial charge in [-0.05, 0) is 11.6 Å². The fourth-order valence-electron chi connectivity index (χ4n) is 2.74. The molecule has 7 heteroatoms. The van der Waals surface area contributed by atoms with Gasteiger partial charge in [0.1, 0.15) is 0 Å². The summed E-state index contributed by atoms with van der Waals surface area (Å²) < 4.78 is 17.5. The first-order chi connectivity index (χ1) is 11.1. The van der Waals surface area contributed by atoms with Gasteiger partial charge in [0.15, 0.2) is 6.29 Å². The maximum Gasteiger partial charge on any atom is 0.251 e. The summed E-state index contributed by atoms with van der Waals surface area (Å²) in [7, 11) is 1.59. The van der Waals surface area contributed by atoms with Crippen LogP contribution < -0.4 is 11.3 Å². The lowest BCUT2D eigenvalue weighted by molar-refractivity contribution is -0.0522. The molecule has 122 valence electrons. The lowest BCUT2D eigenvalue weighted by Crippen LogP contribution is -2.29. The van der Waals surface area contributed by atoms with Crippen molar-refractivity contribution in [3.63, 3.8) is 0 Å². The minimum Gasteiger partial charge on any atom is -0.380 e. The number of nitrogens with two attached hydrogens (primary N) is 1. The van der Waals surface area contributed by atoms with Gasteiger partial charge in [-0.25, -0.2) is 0 Å². The molecule has 7 nitrogen and oxygen atoms in total. The number of aromatic nitrogens is 1. The van der Waals surface area contributed by atoms with Crippen LogP contribution in [0.15, 0.2) is 29.1 Å². The third-order valence-electron chi connectivity index (χ3n) is 3.78. The standard InChI is InChI=1S/C16H18N2O5/c1-21-9-10-2-3-11-12(16(17)20)7-14(19)18(13(11)6-10)8-15-22-4-5-23-15/h2-3,6-7,15H,4-5,8-9H2,1H3,(H2,17,20). The van der Waals surface area contributed by atoms with E-state index in [1.807, 2.05) is 12.1 Å². The van der Waals surface area contributed by atoms with Crippen LogP contribution in [0.4, 0.5) is 0 Å². The molecule has 3 rings (SSSR count). The molecule has 2 aromatic rings. The molecule has 1 saturated heterocycles. The Balaban J connectivity index is 2.17. The van der Waals surface area contributed by atoms with E-state index >= 15 is 0 Å². The van der Waals surface area contributed by atoms with Gasteiger partial charge in [0.2, 0.25) is 5.91 Å². The highest BCUT2D eigenvalue weighted by Crippen LogP contribution is 2.20. The number of amides is 1. The Morgan fingerprint density at radius 2 is 2.09 bits per heavy atom. The first-order valence-corrected chi connectivity index (χ1v) is 7.28. The molecule has 0 radical (unpaired) electrons. The van der Waals surface area contributed by atoms with Crippen LogP contribution in [0.25, 0.3) is 10.9 Å². The zero-order valence-electron chi connectivity index (χ0n) is 12.8. The van der Waals surface area contributed by atoms with Crippen molar-refractivity contribution in [1.29, 1.82) is 0 Å². The van der Waals surface area contributed by atoms with E-state index < -0.39 is 12.2 Å². The maximum atomic E-state index is 12.4. The predicted octanol–water partition coefficient (Wildman–Crippen LogP) is 0.620.